The second kappa shape index (κ2) is 5.93. The highest BCUT2D eigenvalue weighted by Gasteiger charge is 2.09. The lowest BCUT2D eigenvalue weighted by molar-refractivity contribution is 0.101. The van der Waals surface area contributed by atoms with Crippen molar-refractivity contribution in [3.8, 4) is 11.8 Å². The number of ketones is 1. The Kier molecular flexibility index (Phi) is 4.06. The Morgan fingerprint density at radius 2 is 2.25 bits per heavy atom. The molecule has 1 heterocycles. The Bertz CT molecular complexity index is 693. The van der Waals surface area contributed by atoms with Gasteiger partial charge in [0.05, 0.1) is 5.56 Å². The number of pyridine rings is 1. The molecule has 0 aliphatic heterocycles. The van der Waals surface area contributed by atoms with Crippen molar-refractivity contribution < 1.29 is 13.9 Å². The number of ether oxygens (including phenoxy) is 1. The predicted molar refractivity (Wildman–Crippen MR) is 69.7 cm³/mol. The molecule has 0 radical (unpaired) electrons. The van der Waals surface area contributed by atoms with Gasteiger partial charge < -0.3 is 4.74 Å². The van der Waals surface area contributed by atoms with Crippen molar-refractivity contribution in [2.45, 2.75) is 13.5 Å². The normalized spacial score (nSPS) is 9.85. The van der Waals surface area contributed by atoms with Gasteiger partial charge in [-0.1, -0.05) is 6.07 Å². The van der Waals surface area contributed by atoms with E-state index in [1.165, 1.54) is 25.3 Å². The fourth-order valence-electron chi connectivity index (χ4n) is 1.69. The maximum absolute atomic E-state index is 13.6. The van der Waals surface area contributed by atoms with Crippen LogP contribution in [0.2, 0.25) is 0 Å². The van der Waals surface area contributed by atoms with Crippen LogP contribution in [-0.2, 0) is 6.61 Å². The molecule has 4 nitrogen and oxygen atoms in total. The number of rotatable bonds is 4. The molecule has 5 heteroatoms. The van der Waals surface area contributed by atoms with Crippen molar-refractivity contribution >= 4 is 5.78 Å². The fraction of sp³-hybridized carbons (Fsp3) is 0.133. The van der Waals surface area contributed by atoms with Crippen molar-refractivity contribution in [1.82, 2.24) is 4.98 Å². The Morgan fingerprint density at radius 1 is 1.45 bits per heavy atom. The van der Waals surface area contributed by atoms with Crippen molar-refractivity contribution in [2.75, 3.05) is 0 Å². The van der Waals surface area contributed by atoms with E-state index in [4.69, 9.17) is 10.00 Å². The zero-order valence-corrected chi connectivity index (χ0v) is 10.8. The largest absolute Gasteiger partial charge is 0.489 e. The van der Waals surface area contributed by atoms with Gasteiger partial charge in [-0.3, -0.25) is 4.79 Å². The topological polar surface area (TPSA) is 63.0 Å². The first-order chi connectivity index (χ1) is 9.61. The SMILES string of the molecule is CC(=O)c1ccc(OCc2cccnc2C#N)cc1F. The summed E-state index contributed by atoms with van der Waals surface area (Å²) in [5.41, 5.74) is 0.913. The first kappa shape index (κ1) is 13.7. The minimum absolute atomic E-state index is 0.0245. The molecule has 0 spiro atoms. The molecule has 1 aromatic carbocycles. The standard InChI is InChI=1S/C15H11FN2O2/c1-10(19)13-5-4-12(7-14(13)16)20-9-11-3-2-6-18-15(11)8-17/h2-7H,9H2,1H3. The van der Waals surface area contributed by atoms with E-state index in [0.29, 0.717) is 11.3 Å². The van der Waals surface area contributed by atoms with E-state index >= 15 is 0 Å². The van der Waals surface area contributed by atoms with Gasteiger partial charge in [-0.15, -0.1) is 0 Å². The summed E-state index contributed by atoms with van der Waals surface area (Å²) in [5.74, 6) is -0.671. The van der Waals surface area contributed by atoms with E-state index in [1.54, 1.807) is 12.1 Å². The van der Waals surface area contributed by atoms with Gasteiger partial charge in [0.25, 0.3) is 0 Å². The van der Waals surface area contributed by atoms with Crippen LogP contribution in [0.15, 0.2) is 36.5 Å². The third-order valence-electron chi connectivity index (χ3n) is 2.71. The number of Topliss-reactive ketones (excluding diaryl/α,β-unsaturated/α-hetero) is 1. The number of carbonyl (C=O) groups is 1. The third kappa shape index (κ3) is 2.98. The van der Waals surface area contributed by atoms with Crippen molar-refractivity contribution in [3.05, 3.63) is 59.2 Å². The monoisotopic (exact) mass is 270 g/mol. The quantitative estimate of drug-likeness (QED) is 0.801. The molecule has 1 aromatic heterocycles. The number of halogens is 1. The molecule has 0 aliphatic carbocycles. The van der Waals surface area contributed by atoms with Crippen LogP contribution in [0.5, 0.6) is 5.75 Å². The number of hydrogen-bond acceptors (Lipinski definition) is 4. The van der Waals surface area contributed by atoms with Crippen molar-refractivity contribution in [3.63, 3.8) is 0 Å². The van der Waals surface area contributed by atoms with Crippen molar-refractivity contribution in [2.24, 2.45) is 0 Å². The summed E-state index contributed by atoms with van der Waals surface area (Å²) in [6.07, 6.45) is 1.52. The first-order valence-electron chi connectivity index (χ1n) is 5.89. The average Bonchev–Trinajstić information content (AvgIpc) is 2.45. The number of nitriles is 1. The minimum Gasteiger partial charge on any atom is -0.489 e. The summed E-state index contributed by atoms with van der Waals surface area (Å²) < 4.78 is 19.0. The summed E-state index contributed by atoms with van der Waals surface area (Å²) in [6, 6.07) is 9.41. The van der Waals surface area contributed by atoms with Crippen LogP contribution in [-0.4, -0.2) is 10.8 Å². The lowest BCUT2D eigenvalue weighted by atomic mass is 10.1. The summed E-state index contributed by atoms with van der Waals surface area (Å²) in [6.45, 7) is 1.41. The van der Waals surface area contributed by atoms with Gasteiger partial charge >= 0.3 is 0 Å². The van der Waals surface area contributed by atoms with Crippen LogP contribution < -0.4 is 4.74 Å². The predicted octanol–water partition coefficient (Wildman–Crippen LogP) is 2.87. The molecule has 0 saturated heterocycles. The number of nitrogens with zero attached hydrogens (tertiary/aromatic N) is 2. The Balaban J connectivity index is 2.14. The Hall–Kier alpha value is -2.74. The molecule has 0 amide bonds. The van der Waals surface area contributed by atoms with Crippen LogP contribution in [0.1, 0.15) is 28.5 Å². The molecule has 0 fully saturated rings. The molecular formula is C15H11FN2O2. The molecule has 0 N–H and O–H groups in total. The van der Waals surface area contributed by atoms with Crippen LogP contribution in [0.25, 0.3) is 0 Å². The zero-order chi connectivity index (χ0) is 14.5. The van der Waals surface area contributed by atoms with Gasteiger partial charge in [0.15, 0.2) is 5.78 Å². The summed E-state index contributed by atoms with van der Waals surface area (Å²) in [7, 11) is 0. The molecule has 0 atom stereocenters. The second-order valence-corrected chi connectivity index (χ2v) is 4.11. The van der Waals surface area contributed by atoms with Gasteiger partial charge in [-0.05, 0) is 25.1 Å². The summed E-state index contributed by atoms with van der Waals surface area (Å²) >= 11 is 0. The molecular weight excluding hydrogens is 259 g/mol. The Labute approximate surface area is 115 Å². The molecule has 2 aromatic rings. The molecule has 0 unspecified atom stereocenters. The zero-order valence-electron chi connectivity index (χ0n) is 10.8. The van der Waals surface area contributed by atoms with Crippen molar-refractivity contribution in [1.29, 1.82) is 5.26 Å². The van der Waals surface area contributed by atoms with E-state index in [0.717, 1.165) is 6.07 Å². The number of benzene rings is 1. The van der Waals surface area contributed by atoms with Crippen LogP contribution in [0, 0.1) is 17.1 Å². The maximum atomic E-state index is 13.6. The molecule has 0 bridgehead atoms. The first-order valence-corrected chi connectivity index (χ1v) is 5.89. The number of aromatic nitrogens is 1. The van der Waals surface area contributed by atoms with Crippen LogP contribution in [0.3, 0.4) is 0 Å². The highest BCUT2D eigenvalue weighted by Crippen LogP contribution is 2.18. The van der Waals surface area contributed by atoms with E-state index in [2.05, 4.69) is 4.98 Å². The molecule has 100 valence electrons. The molecule has 0 aliphatic rings. The van der Waals surface area contributed by atoms with Crippen LogP contribution in [0.4, 0.5) is 4.39 Å². The Morgan fingerprint density at radius 3 is 2.90 bits per heavy atom. The second-order valence-electron chi connectivity index (χ2n) is 4.11. The van der Waals surface area contributed by atoms with E-state index in [-0.39, 0.29) is 23.6 Å². The lowest BCUT2D eigenvalue weighted by Crippen LogP contribution is -2.02. The highest BCUT2D eigenvalue weighted by molar-refractivity contribution is 5.94. The average molecular weight is 270 g/mol. The van der Waals surface area contributed by atoms with E-state index < -0.39 is 5.82 Å². The van der Waals surface area contributed by atoms with Gasteiger partial charge in [0, 0.05) is 17.8 Å². The van der Waals surface area contributed by atoms with Crippen LogP contribution >= 0.6 is 0 Å². The lowest BCUT2D eigenvalue weighted by Gasteiger charge is -2.08. The smallest absolute Gasteiger partial charge is 0.162 e. The molecule has 20 heavy (non-hydrogen) atoms. The third-order valence-corrected chi connectivity index (χ3v) is 2.71. The van der Waals surface area contributed by atoms with Gasteiger partial charge in [-0.25, -0.2) is 9.37 Å². The minimum atomic E-state index is -0.623. The fourth-order valence-corrected chi connectivity index (χ4v) is 1.69. The van der Waals surface area contributed by atoms with Gasteiger partial charge in [0.1, 0.15) is 29.9 Å². The summed E-state index contributed by atoms with van der Waals surface area (Å²) in [5, 5.41) is 8.89. The maximum Gasteiger partial charge on any atom is 0.162 e. The summed E-state index contributed by atoms with van der Waals surface area (Å²) in [4.78, 5) is 15.0. The van der Waals surface area contributed by atoms with E-state index in [9.17, 15) is 9.18 Å². The van der Waals surface area contributed by atoms with Gasteiger partial charge in [0.2, 0.25) is 0 Å². The molecule has 2 rings (SSSR count). The molecule has 0 saturated carbocycles. The highest BCUT2D eigenvalue weighted by atomic mass is 19.1. The van der Waals surface area contributed by atoms with E-state index in [1.807, 2.05) is 6.07 Å². The number of hydrogen-bond donors (Lipinski definition) is 0. The van der Waals surface area contributed by atoms with Gasteiger partial charge in [-0.2, -0.15) is 5.26 Å². The number of carbonyl (C=O) groups excluding carboxylic acids is 1.